The van der Waals surface area contributed by atoms with Crippen LogP contribution in [0.1, 0.15) is 45.9 Å². The Morgan fingerprint density at radius 1 is 1.24 bits per heavy atom. The van der Waals surface area contributed by atoms with Crippen molar-refractivity contribution < 1.29 is 14.7 Å². The molecule has 3 N–H and O–H groups in total. The van der Waals surface area contributed by atoms with Crippen LogP contribution in [-0.4, -0.2) is 36.9 Å². The molecule has 21 heavy (non-hydrogen) atoms. The van der Waals surface area contributed by atoms with Crippen LogP contribution in [0, 0.1) is 0 Å². The number of carboxylic acid groups (broad SMARTS) is 1. The van der Waals surface area contributed by atoms with Gasteiger partial charge in [0.1, 0.15) is 17.8 Å². The van der Waals surface area contributed by atoms with E-state index in [-0.39, 0.29) is 11.6 Å². The third-order valence-electron chi connectivity index (χ3n) is 3.64. The van der Waals surface area contributed by atoms with Gasteiger partial charge in [-0.2, -0.15) is 0 Å². The highest BCUT2D eigenvalue weighted by molar-refractivity contribution is 5.94. The van der Waals surface area contributed by atoms with E-state index in [1.54, 1.807) is 0 Å². The van der Waals surface area contributed by atoms with Crippen molar-refractivity contribution >= 4 is 11.9 Å². The smallest absolute Gasteiger partial charge is 0.353 e. The number of hydrogen-bond acceptors (Lipinski definition) is 5. The van der Waals surface area contributed by atoms with Crippen LogP contribution in [0.3, 0.4) is 0 Å². The number of aromatic carboxylic acids is 1. The number of nitrogens with zero attached hydrogens (tertiary/aromatic N) is 3. The normalized spacial score (nSPS) is 16.0. The van der Waals surface area contributed by atoms with Gasteiger partial charge in [-0.1, -0.05) is 0 Å². The van der Waals surface area contributed by atoms with Gasteiger partial charge >= 0.3 is 5.97 Å². The van der Waals surface area contributed by atoms with Gasteiger partial charge in [-0.3, -0.25) is 4.79 Å². The molecular formula is C13H13N5O3. The lowest BCUT2D eigenvalue weighted by Gasteiger charge is -2.40. The fourth-order valence-electron chi connectivity index (χ4n) is 2.33. The van der Waals surface area contributed by atoms with Crippen LogP contribution in [-0.2, 0) is 5.54 Å². The van der Waals surface area contributed by atoms with Gasteiger partial charge in [0.15, 0.2) is 0 Å². The van der Waals surface area contributed by atoms with E-state index >= 15 is 0 Å². The monoisotopic (exact) mass is 287 g/mol. The second kappa shape index (κ2) is 4.97. The molecule has 1 amide bonds. The molecule has 8 heteroatoms. The highest BCUT2D eigenvalue weighted by Crippen LogP contribution is 2.39. The molecule has 1 aliphatic rings. The Kier molecular flexibility index (Phi) is 3.13. The van der Waals surface area contributed by atoms with Crippen LogP contribution >= 0.6 is 0 Å². The number of carboxylic acids is 1. The van der Waals surface area contributed by atoms with Crippen LogP contribution in [0.5, 0.6) is 0 Å². The first-order valence-corrected chi connectivity index (χ1v) is 6.47. The maximum Gasteiger partial charge on any atom is 0.353 e. The number of aromatic amines is 1. The predicted octanol–water partition coefficient (Wildman–Crippen LogP) is 0.707. The Bertz CT molecular complexity index is 678. The first kappa shape index (κ1) is 13.2. The highest BCUT2D eigenvalue weighted by atomic mass is 16.4. The minimum absolute atomic E-state index is 0.00793. The topological polar surface area (TPSA) is 121 Å². The summed E-state index contributed by atoms with van der Waals surface area (Å²) in [6.45, 7) is 0. The molecular weight excluding hydrogens is 274 g/mol. The number of imidazole rings is 1. The summed E-state index contributed by atoms with van der Waals surface area (Å²) in [5.41, 5.74) is -0.275. The zero-order valence-electron chi connectivity index (χ0n) is 11.0. The van der Waals surface area contributed by atoms with Gasteiger partial charge in [0.05, 0.1) is 17.3 Å². The van der Waals surface area contributed by atoms with E-state index in [4.69, 9.17) is 5.11 Å². The van der Waals surface area contributed by atoms with E-state index in [1.807, 2.05) is 0 Å². The molecule has 2 aromatic heterocycles. The fourth-order valence-corrected chi connectivity index (χ4v) is 2.33. The fraction of sp³-hybridized carbons (Fsp3) is 0.308. The zero-order valence-corrected chi connectivity index (χ0v) is 11.0. The SMILES string of the molecule is O=C(NC1(c2ncc(C(=O)O)[nH]2)CCC1)c1cncnc1. The summed E-state index contributed by atoms with van der Waals surface area (Å²) in [4.78, 5) is 37.6. The van der Waals surface area contributed by atoms with Crippen molar-refractivity contribution in [3.05, 3.63) is 42.0 Å². The summed E-state index contributed by atoms with van der Waals surface area (Å²) < 4.78 is 0. The molecule has 0 aromatic carbocycles. The molecule has 0 aliphatic heterocycles. The first-order chi connectivity index (χ1) is 10.1. The maximum absolute atomic E-state index is 12.2. The molecule has 1 saturated carbocycles. The molecule has 2 heterocycles. The van der Waals surface area contributed by atoms with Gasteiger partial charge in [0.25, 0.3) is 5.91 Å². The van der Waals surface area contributed by atoms with Gasteiger partial charge in [-0.15, -0.1) is 0 Å². The lowest BCUT2D eigenvalue weighted by molar-refractivity contribution is 0.0690. The Labute approximate surface area is 119 Å². The quantitative estimate of drug-likeness (QED) is 0.761. The standard InChI is InChI=1S/C13H13N5O3/c19-10(8-4-14-7-15-5-8)18-13(2-1-3-13)12-16-6-9(17-12)11(20)21/h4-7H,1-3H2,(H,16,17)(H,18,19)(H,20,21). The van der Waals surface area contributed by atoms with Crippen LogP contribution in [0.15, 0.2) is 24.9 Å². The van der Waals surface area contributed by atoms with Crippen molar-refractivity contribution in [2.75, 3.05) is 0 Å². The van der Waals surface area contributed by atoms with E-state index in [0.717, 1.165) is 6.42 Å². The Balaban J connectivity index is 1.83. The van der Waals surface area contributed by atoms with Crippen molar-refractivity contribution in [2.24, 2.45) is 0 Å². The number of carbonyl (C=O) groups excluding carboxylic acids is 1. The number of H-pyrrole nitrogens is 1. The number of rotatable bonds is 4. The van der Waals surface area contributed by atoms with Crippen LogP contribution < -0.4 is 5.32 Å². The minimum atomic E-state index is -1.08. The van der Waals surface area contributed by atoms with Crippen LogP contribution in [0.2, 0.25) is 0 Å². The highest BCUT2D eigenvalue weighted by Gasteiger charge is 2.43. The molecule has 3 rings (SSSR count). The van der Waals surface area contributed by atoms with Gasteiger partial charge in [-0.25, -0.2) is 19.7 Å². The van der Waals surface area contributed by atoms with E-state index in [0.29, 0.717) is 24.2 Å². The largest absolute Gasteiger partial charge is 0.477 e. The summed E-state index contributed by atoms with van der Waals surface area (Å²) in [7, 11) is 0. The number of amides is 1. The summed E-state index contributed by atoms with van der Waals surface area (Å²) in [5, 5.41) is 11.8. The Morgan fingerprint density at radius 3 is 2.48 bits per heavy atom. The molecule has 0 unspecified atom stereocenters. The number of nitrogens with one attached hydrogen (secondary N) is 2. The Hall–Kier alpha value is -2.77. The summed E-state index contributed by atoms with van der Waals surface area (Å²) in [5.74, 6) is -0.911. The second-order valence-corrected chi connectivity index (χ2v) is 4.97. The summed E-state index contributed by atoms with van der Waals surface area (Å²) in [6.07, 6.45) is 7.82. The molecule has 108 valence electrons. The molecule has 2 aromatic rings. The van der Waals surface area contributed by atoms with Crippen LogP contribution in [0.4, 0.5) is 0 Å². The molecule has 1 fully saturated rings. The van der Waals surface area contributed by atoms with Gasteiger partial charge in [0, 0.05) is 12.4 Å². The lowest BCUT2D eigenvalue weighted by Crippen LogP contribution is -2.51. The number of aromatic nitrogens is 4. The average Bonchev–Trinajstić information content (AvgIpc) is 2.93. The lowest BCUT2D eigenvalue weighted by atomic mass is 9.76. The van der Waals surface area contributed by atoms with Crippen molar-refractivity contribution in [2.45, 2.75) is 24.8 Å². The minimum Gasteiger partial charge on any atom is -0.477 e. The third kappa shape index (κ3) is 2.35. The molecule has 0 bridgehead atoms. The first-order valence-electron chi connectivity index (χ1n) is 6.47. The van der Waals surface area contributed by atoms with E-state index < -0.39 is 11.5 Å². The Morgan fingerprint density at radius 2 is 1.95 bits per heavy atom. The second-order valence-electron chi connectivity index (χ2n) is 4.97. The predicted molar refractivity (Wildman–Crippen MR) is 70.6 cm³/mol. The van der Waals surface area contributed by atoms with E-state index in [9.17, 15) is 9.59 Å². The molecule has 8 nitrogen and oxygen atoms in total. The van der Waals surface area contributed by atoms with E-state index in [2.05, 4.69) is 25.3 Å². The summed E-state index contributed by atoms with van der Waals surface area (Å²) in [6, 6.07) is 0. The third-order valence-corrected chi connectivity index (χ3v) is 3.64. The summed E-state index contributed by atoms with van der Waals surface area (Å²) >= 11 is 0. The van der Waals surface area contributed by atoms with Gasteiger partial charge in [-0.05, 0) is 19.3 Å². The zero-order chi connectivity index (χ0) is 14.9. The molecule has 1 aliphatic carbocycles. The molecule has 0 spiro atoms. The molecule has 0 radical (unpaired) electrons. The van der Waals surface area contributed by atoms with Crippen molar-refractivity contribution in [1.82, 2.24) is 25.3 Å². The molecule has 0 atom stereocenters. The number of hydrogen-bond donors (Lipinski definition) is 3. The van der Waals surface area contributed by atoms with Gasteiger partial charge in [0.2, 0.25) is 0 Å². The van der Waals surface area contributed by atoms with E-state index in [1.165, 1.54) is 24.9 Å². The van der Waals surface area contributed by atoms with Crippen molar-refractivity contribution in [1.29, 1.82) is 0 Å². The average molecular weight is 287 g/mol. The maximum atomic E-state index is 12.2. The van der Waals surface area contributed by atoms with Crippen molar-refractivity contribution in [3.8, 4) is 0 Å². The van der Waals surface area contributed by atoms with Gasteiger partial charge < -0.3 is 15.4 Å². The van der Waals surface area contributed by atoms with Crippen LogP contribution in [0.25, 0.3) is 0 Å². The molecule has 0 saturated heterocycles. The van der Waals surface area contributed by atoms with Crippen molar-refractivity contribution in [3.63, 3.8) is 0 Å². The number of carbonyl (C=O) groups is 2.